The van der Waals surface area contributed by atoms with Crippen LogP contribution in [-0.2, 0) is 19.1 Å². The number of hydrogen-bond acceptors (Lipinski definition) is 4. The largest absolute Gasteiger partial charge is 0.455 e. The number of aryl methyl sites for hydroxylation is 2. The maximum Gasteiger partial charge on any atom is 0.311 e. The first-order chi connectivity index (χ1) is 13.3. The van der Waals surface area contributed by atoms with E-state index in [-0.39, 0.29) is 18.9 Å². The predicted molar refractivity (Wildman–Crippen MR) is 102 cm³/mol. The summed E-state index contributed by atoms with van der Waals surface area (Å²) in [6.07, 6.45) is -0.00514. The number of anilines is 2. The molecule has 1 atom stereocenters. The van der Waals surface area contributed by atoms with Gasteiger partial charge < -0.3 is 15.0 Å². The minimum absolute atomic E-state index is 0.00514. The number of hydrogen-bond donors (Lipinski definition) is 1. The molecule has 1 fully saturated rings. The summed E-state index contributed by atoms with van der Waals surface area (Å²) in [5.74, 6) is -2.35. The standard InChI is InChI=1S/C21H21FN2O4/c1-13-3-4-14(2)18(9-13)23-19(25)12-28-21(27)15-10-20(26)24(11-15)17-7-5-16(22)6-8-17/h3-9,15H,10-12H2,1-2H3,(H,23,25)/t15-/m1/s1. The van der Waals surface area contributed by atoms with Crippen LogP contribution < -0.4 is 10.2 Å². The Balaban J connectivity index is 1.53. The number of nitrogens with one attached hydrogen (secondary N) is 1. The van der Waals surface area contributed by atoms with Gasteiger partial charge in [-0.15, -0.1) is 0 Å². The lowest BCUT2D eigenvalue weighted by atomic mass is 10.1. The van der Waals surface area contributed by atoms with E-state index < -0.39 is 30.2 Å². The molecule has 3 rings (SSSR count). The average molecular weight is 384 g/mol. The van der Waals surface area contributed by atoms with E-state index in [9.17, 15) is 18.8 Å². The van der Waals surface area contributed by atoms with Gasteiger partial charge in [0.25, 0.3) is 5.91 Å². The number of esters is 1. The summed E-state index contributed by atoms with van der Waals surface area (Å²) in [4.78, 5) is 37.9. The van der Waals surface area contributed by atoms with Crippen molar-refractivity contribution >= 4 is 29.2 Å². The Hall–Kier alpha value is -3.22. The highest BCUT2D eigenvalue weighted by Gasteiger charge is 2.36. The summed E-state index contributed by atoms with van der Waals surface area (Å²) < 4.78 is 18.1. The second-order valence-electron chi connectivity index (χ2n) is 6.86. The summed E-state index contributed by atoms with van der Waals surface area (Å²) in [7, 11) is 0. The fraction of sp³-hybridized carbons (Fsp3) is 0.286. The number of rotatable bonds is 5. The van der Waals surface area contributed by atoms with Gasteiger partial charge in [0, 0.05) is 24.3 Å². The van der Waals surface area contributed by atoms with Gasteiger partial charge in [0.1, 0.15) is 5.82 Å². The Labute approximate surface area is 162 Å². The van der Waals surface area contributed by atoms with Crippen molar-refractivity contribution in [2.75, 3.05) is 23.4 Å². The normalized spacial score (nSPS) is 16.2. The first-order valence-electron chi connectivity index (χ1n) is 8.93. The maximum atomic E-state index is 13.0. The van der Waals surface area contributed by atoms with Crippen LogP contribution in [0.3, 0.4) is 0 Å². The number of ether oxygens (including phenoxy) is 1. The van der Waals surface area contributed by atoms with Crippen molar-refractivity contribution < 1.29 is 23.5 Å². The van der Waals surface area contributed by atoms with Gasteiger partial charge in [-0.3, -0.25) is 14.4 Å². The Bertz CT molecular complexity index is 911. The zero-order valence-electron chi connectivity index (χ0n) is 15.7. The van der Waals surface area contributed by atoms with Crippen LogP contribution in [-0.4, -0.2) is 30.9 Å². The van der Waals surface area contributed by atoms with E-state index in [4.69, 9.17) is 4.74 Å². The molecule has 1 aliphatic heterocycles. The third-order valence-electron chi connectivity index (χ3n) is 4.61. The van der Waals surface area contributed by atoms with E-state index >= 15 is 0 Å². The highest BCUT2D eigenvalue weighted by atomic mass is 19.1. The highest BCUT2D eigenvalue weighted by molar-refractivity contribution is 6.00. The molecule has 1 N–H and O–H groups in total. The van der Waals surface area contributed by atoms with Gasteiger partial charge >= 0.3 is 5.97 Å². The molecule has 1 aliphatic rings. The summed E-state index contributed by atoms with van der Waals surface area (Å²) >= 11 is 0. The number of nitrogens with zero attached hydrogens (tertiary/aromatic N) is 1. The lowest BCUT2D eigenvalue weighted by Gasteiger charge is -2.16. The molecule has 146 valence electrons. The van der Waals surface area contributed by atoms with Crippen molar-refractivity contribution in [3.63, 3.8) is 0 Å². The number of carbonyl (C=O) groups excluding carboxylic acids is 3. The van der Waals surface area contributed by atoms with E-state index in [1.165, 1.54) is 29.2 Å². The monoisotopic (exact) mass is 384 g/mol. The smallest absolute Gasteiger partial charge is 0.311 e. The second-order valence-corrected chi connectivity index (χ2v) is 6.86. The van der Waals surface area contributed by atoms with Crippen LogP contribution in [0.25, 0.3) is 0 Å². The third-order valence-corrected chi connectivity index (χ3v) is 4.61. The van der Waals surface area contributed by atoms with Crippen molar-refractivity contribution in [1.29, 1.82) is 0 Å². The van der Waals surface area contributed by atoms with Gasteiger partial charge in [0.2, 0.25) is 5.91 Å². The third kappa shape index (κ3) is 4.54. The lowest BCUT2D eigenvalue weighted by Crippen LogP contribution is -2.28. The molecule has 6 nitrogen and oxygen atoms in total. The molecule has 0 aliphatic carbocycles. The maximum absolute atomic E-state index is 13.0. The van der Waals surface area contributed by atoms with E-state index in [1.807, 2.05) is 32.0 Å². The van der Waals surface area contributed by atoms with Crippen LogP contribution in [0, 0.1) is 25.6 Å². The first kappa shape index (κ1) is 19.5. The van der Waals surface area contributed by atoms with E-state index in [0.717, 1.165) is 11.1 Å². The van der Waals surface area contributed by atoms with Gasteiger partial charge in [-0.1, -0.05) is 12.1 Å². The molecule has 0 bridgehead atoms. The molecule has 0 radical (unpaired) electrons. The van der Waals surface area contributed by atoms with Crippen molar-refractivity contribution in [2.24, 2.45) is 5.92 Å². The second kappa shape index (κ2) is 8.21. The van der Waals surface area contributed by atoms with Crippen LogP contribution in [0.1, 0.15) is 17.5 Å². The zero-order chi connectivity index (χ0) is 20.3. The molecule has 0 unspecified atom stereocenters. The van der Waals surface area contributed by atoms with Crippen LogP contribution in [0.5, 0.6) is 0 Å². The molecule has 2 aromatic carbocycles. The summed E-state index contributed by atoms with van der Waals surface area (Å²) in [5, 5.41) is 2.72. The van der Waals surface area contributed by atoms with E-state index in [2.05, 4.69) is 5.32 Å². The fourth-order valence-electron chi connectivity index (χ4n) is 3.05. The SMILES string of the molecule is Cc1ccc(C)c(NC(=O)COC(=O)[C@@H]2CC(=O)N(c3ccc(F)cc3)C2)c1. The number of halogens is 1. The van der Waals surface area contributed by atoms with E-state index in [0.29, 0.717) is 11.4 Å². The Morgan fingerprint density at radius 1 is 1.18 bits per heavy atom. The van der Waals surface area contributed by atoms with Gasteiger partial charge in [0.15, 0.2) is 6.61 Å². The minimum Gasteiger partial charge on any atom is -0.455 e. The molecule has 28 heavy (non-hydrogen) atoms. The van der Waals surface area contributed by atoms with Gasteiger partial charge in [-0.25, -0.2) is 4.39 Å². The number of amides is 2. The van der Waals surface area contributed by atoms with Crippen LogP contribution >= 0.6 is 0 Å². The molecule has 2 aromatic rings. The van der Waals surface area contributed by atoms with Gasteiger partial charge in [-0.2, -0.15) is 0 Å². The molecule has 0 aromatic heterocycles. The van der Waals surface area contributed by atoms with Crippen LogP contribution in [0.15, 0.2) is 42.5 Å². The molecular weight excluding hydrogens is 363 g/mol. The Morgan fingerprint density at radius 2 is 1.89 bits per heavy atom. The topological polar surface area (TPSA) is 75.7 Å². The van der Waals surface area contributed by atoms with Crippen molar-refractivity contribution in [1.82, 2.24) is 0 Å². The zero-order valence-corrected chi connectivity index (χ0v) is 15.7. The quantitative estimate of drug-likeness (QED) is 0.804. The Kier molecular flexibility index (Phi) is 5.73. The molecular formula is C21H21FN2O4. The average Bonchev–Trinajstić information content (AvgIpc) is 3.05. The summed E-state index contributed by atoms with van der Waals surface area (Å²) in [5.41, 5.74) is 3.10. The Morgan fingerprint density at radius 3 is 2.61 bits per heavy atom. The molecule has 7 heteroatoms. The van der Waals surface area contributed by atoms with E-state index in [1.54, 1.807) is 0 Å². The number of benzene rings is 2. The summed E-state index contributed by atoms with van der Waals surface area (Å²) in [6, 6.07) is 11.2. The lowest BCUT2D eigenvalue weighted by molar-refractivity contribution is -0.151. The highest BCUT2D eigenvalue weighted by Crippen LogP contribution is 2.26. The number of carbonyl (C=O) groups is 3. The minimum atomic E-state index is -0.661. The molecule has 0 spiro atoms. The van der Waals surface area contributed by atoms with Crippen LogP contribution in [0.2, 0.25) is 0 Å². The molecule has 0 saturated carbocycles. The van der Waals surface area contributed by atoms with Gasteiger partial charge in [0.05, 0.1) is 5.92 Å². The van der Waals surface area contributed by atoms with Crippen LogP contribution in [0.4, 0.5) is 15.8 Å². The summed E-state index contributed by atoms with van der Waals surface area (Å²) in [6.45, 7) is 3.50. The van der Waals surface area contributed by atoms with Crippen molar-refractivity contribution in [3.8, 4) is 0 Å². The van der Waals surface area contributed by atoms with Gasteiger partial charge in [-0.05, 0) is 55.3 Å². The fourth-order valence-corrected chi connectivity index (χ4v) is 3.05. The molecule has 1 saturated heterocycles. The van der Waals surface area contributed by atoms with Crippen molar-refractivity contribution in [2.45, 2.75) is 20.3 Å². The first-order valence-corrected chi connectivity index (χ1v) is 8.93. The van der Waals surface area contributed by atoms with Crippen molar-refractivity contribution in [3.05, 3.63) is 59.4 Å². The molecule has 2 amide bonds. The molecule has 1 heterocycles. The predicted octanol–water partition coefficient (Wildman–Crippen LogP) is 2.98.